The summed E-state index contributed by atoms with van der Waals surface area (Å²) in [6.45, 7) is 4.50. The topological polar surface area (TPSA) is 80.5 Å². The molecule has 0 bridgehead atoms. The van der Waals surface area contributed by atoms with Gasteiger partial charge in [-0.2, -0.15) is 5.10 Å². The van der Waals surface area contributed by atoms with E-state index in [-0.39, 0.29) is 5.92 Å². The maximum Gasteiger partial charge on any atom is 0.0867 e. The van der Waals surface area contributed by atoms with Crippen molar-refractivity contribution in [3.05, 3.63) is 53.2 Å². The molecule has 1 aromatic carbocycles. The Morgan fingerprint density at radius 3 is 3.05 bits per heavy atom. The van der Waals surface area contributed by atoms with Gasteiger partial charge in [-0.25, -0.2) is 0 Å². The molecule has 20 heavy (non-hydrogen) atoms. The van der Waals surface area contributed by atoms with Crippen LogP contribution in [0.5, 0.6) is 0 Å². The lowest BCUT2D eigenvalue weighted by Gasteiger charge is -2.10. The molecule has 5 nitrogen and oxygen atoms in total. The summed E-state index contributed by atoms with van der Waals surface area (Å²) in [4.78, 5) is 0. The van der Waals surface area contributed by atoms with Crippen LogP contribution in [0.1, 0.15) is 22.9 Å². The zero-order chi connectivity index (χ0) is 13.9. The standard InChI is InChI=1S/C14H15N5S/c1-2-10(14-8-20-19-18-14)9-3-4-12-11(7-9)13(5-6-15)17-16-12/h2-4,7-8,10H,1,5-6,15H2,(H,16,17). The molecule has 3 N–H and O–H groups in total. The van der Waals surface area contributed by atoms with Crippen LogP contribution in [0.4, 0.5) is 0 Å². The first-order valence-corrected chi connectivity index (χ1v) is 7.23. The van der Waals surface area contributed by atoms with Gasteiger partial charge in [0.05, 0.1) is 16.9 Å². The Bertz CT molecular complexity index is 716. The van der Waals surface area contributed by atoms with E-state index in [1.807, 2.05) is 17.5 Å². The summed E-state index contributed by atoms with van der Waals surface area (Å²) >= 11 is 1.35. The van der Waals surface area contributed by atoms with Crippen LogP contribution in [0.3, 0.4) is 0 Å². The quantitative estimate of drug-likeness (QED) is 0.704. The van der Waals surface area contributed by atoms with Crippen molar-refractivity contribution in [1.29, 1.82) is 0 Å². The number of allylic oxidation sites excluding steroid dienone is 1. The number of nitrogens with two attached hydrogens (primary N) is 1. The van der Waals surface area contributed by atoms with E-state index in [0.29, 0.717) is 6.54 Å². The van der Waals surface area contributed by atoms with Crippen LogP contribution in [-0.2, 0) is 6.42 Å². The van der Waals surface area contributed by atoms with Crippen molar-refractivity contribution in [3.63, 3.8) is 0 Å². The lowest BCUT2D eigenvalue weighted by molar-refractivity contribution is 0.908. The summed E-state index contributed by atoms with van der Waals surface area (Å²) in [7, 11) is 0. The summed E-state index contributed by atoms with van der Waals surface area (Å²) in [5, 5.41) is 14.6. The third-order valence-corrected chi connectivity index (χ3v) is 3.86. The normalized spacial score (nSPS) is 12.7. The monoisotopic (exact) mass is 285 g/mol. The lowest BCUT2D eigenvalue weighted by atomic mass is 9.95. The van der Waals surface area contributed by atoms with Gasteiger partial charge in [0.15, 0.2) is 0 Å². The summed E-state index contributed by atoms with van der Waals surface area (Å²) in [5.74, 6) is 0.0544. The second-order valence-electron chi connectivity index (χ2n) is 4.56. The van der Waals surface area contributed by atoms with Gasteiger partial charge in [0, 0.05) is 23.1 Å². The van der Waals surface area contributed by atoms with Crippen molar-refractivity contribution in [2.45, 2.75) is 12.3 Å². The molecule has 2 heterocycles. The molecule has 2 aromatic heterocycles. The highest BCUT2D eigenvalue weighted by Crippen LogP contribution is 2.28. The number of rotatable bonds is 5. The molecule has 102 valence electrons. The highest BCUT2D eigenvalue weighted by atomic mass is 32.1. The van der Waals surface area contributed by atoms with E-state index in [1.165, 1.54) is 11.5 Å². The van der Waals surface area contributed by atoms with Crippen LogP contribution >= 0.6 is 11.5 Å². The molecule has 3 rings (SSSR count). The third kappa shape index (κ3) is 2.23. The third-order valence-electron chi connectivity index (χ3n) is 3.34. The first-order chi connectivity index (χ1) is 9.83. The minimum Gasteiger partial charge on any atom is -0.330 e. The fourth-order valence-electron chi connectivity index (χ4n) is 2.34. The van der Waals surface area contributed by atoms with Crippen molar-refractivity contribution in [3.8, 4) is 0 Å². The number of benzene rings is 1. The Kier molecular flexibility index (Phi) is 3.58. The minimum atomic E-state index is 0.0544. The molecule has 0 aliphatic carbocycles. The molecule has 0 radical (unpaired) electrons. The van der Waals surface area contributed by atoms with E-state index < -0.39 is 0 Å². The number of fused-ring (bicyclic) bond motifs is 1. The van der Waals surface area contributed by atoms with E-state index in [0.717, 1.165) is 34.3 Å². The number of nitrogens with one attached hydrogen (secondary N) is 1. The smallest absolute Gasteiger partial charge is 0.0867 e. The summed E-state index contributed by atoms with van der Waals surface area (Å²) in [6.07, 6.45) is 2.65. The van der Waals surface area contributed by atoms with E-state index in [1.54, 1.807) is 0 Å². The van der Waals surface area contributed by atoms with Gasteiger partial charge in [-0.1, -0.05) is 16.6 Å². The van der Waals surface area contributed by atoms with Crippen molar-refractivity contribution < 1.29 is 0 Å². The lowest BCUT2D eigenvalue weighted by Crippen LogP contribution is -2.03. The van der Waals surface area contributed by atoms with Crippen LogP contribution in [0.25, 0.3) is 10.9 Å². The van der Waals surface area contributed by atoms with Crippen molar-refractivity contribution in [1.82, 2.24) is 19.8 Å². The fourth-order valence-corrected chi connectivity index (χ4v) is 2.83. The molecule has 0 aliphatic heterocycles. The molecule has 0 amide bonds. The largest absolute Gasteiger partial charge is 0.330 e. The van der Waals surface area contributed by atoms with Crippen LogP contribution in [-0.4, -0.2) is 26.3 Å². The van der Waals surface area contributed by atoms with Gasteiger partial charge in [-0.05, 0) is 35.8 Å². The van der Waals surface area contributed by atoms with Crippen molar-refractivity contribution in [2.75, 3.05) is 6.54 Å². The minimum absolute atomic E-state index is 0.0544. The molecular formula is C14H15N5S. The number of hydrogen-bond donors (Lipinski definition) is 2. The highest BCUT2D eigenvalue weighted by Gasteiger charge is 2.15. The SMILES string of the molecule is C=CC(c1ccc2[nH]nc(CCN)c2c1)c1csnn1. The van der Waals surface area contributed by atoms with Crippen LogP contribution in [0, 0.1) is 0 Å². The Morgan fingerprint density at radius 2 is 2.35 bits per heavy atom. The molecular weight excluding hydrogens is 270 g/mol. The maximum atomic E-state index is 5.63. The first kappa shape index (κ1) is 13.0. The van der Waals surface area contributed by atoms with Crippen LogP contribution in [0.2, 0.25) is 0 Å². The molecule has 0 fully saturated rings. The number of aromatic amines is 1. The summed E-state index contributed by atoms with van der Waals surface area (Å²) in [6, 6.07) is 6.24. The molecule has 1 unspecified atom stereocenters. The van der Waals surface area contributed by atoms with Gasteiger partial charge >= 0.3 is 0 Å². The predicted octanol–water partition coefficient (Wildman–Crippen LogP) is 2.23. The number of aromatic nitrogens is 4. The zero-order valence-electron chi connectivity index (χ0n) is 10.9. The van der Waals surface area contributed by atoms with Crippen LogP contribution in [0.15, 0.2) is 36.2 Å². The van der Waals surface area contributed by atoms with Gasteiger partial charge in [-0.3, -0.25) is 5.10 Å². The number of nitrogens with zero attached hydrogens (tertiary/aromatic N) is 3. The van der Waals surface area contributed by atoms with Crippen molar-refractivity contribution in [2.24, 2.45) is 5.73 Å². The average Bonchev–Trinajstić information content (AvgIpc) is 3.11. The van der Waals surface area contributed by atoms with E-state index in [2.05, 4.69) is 38.5 Å². The van der Waals surface area contributed by atoms with Gasteiger partial charge in [0.1, 0.15) is 0 Å². The van der Waals surface area contributed by atoms with Crippen LogP contribution < -0.4 is 5.73 Å². The number of hydrogen-bond acceptors (Lipinski definition) is 5. The Labute approximate surface area is 120 Å². The molecule has 3 aromatic rings. The molecule has 0 spiro atoms. The molecule has 6 heteroatoms. The van der Waals surface area contributed by atoms with E-state index >= 15 is 0 Å². The van der Waals surface area contributed by atoms with Crippen molar-refractivity contribution >= 4 is 22.4 Å². The fraction of sp³-hybridized carbons (Fsp3) is 0.214. The molecule has 1 atom stereocenters. The highest BCUT2D eigenvalue weighted by molar-refractivity contribution is 7.03. The zero-order valence-corrected chi connectivity index (χ0v) is 11.7. The molecule has 0 aliphatic rings. The van der Waals surface area contributed by atoms with Gasteiger partial charge in [0.25, 0.3) is 0 Å². The van der Waals surface area contributed by atoms with Gasteiger partial charge < -0.3 is 5.73 Å². The Hall–Kier alpha value is -2.05. The van der Waals surface area contributed by atoms with E-state index in [4.69, 9.17) is 5.73 Å². The first-order valence-electron chi connectivity index (χ1n) is 6.40. The number of H-pyrrole nitrogens is 1. The van der Waals surface area contributed by atoms with E-state index in [9.17, 15) is 0 Å². The summed E-state index contributed by atoms with van der Waals surface area (Å²) < 4.78 is 3.92. The van der Waals surface area contributed by atoms with Gasteiger partial charge in [-0.15, -0.1) is 11.7 Å². The second kappa shape index (κ2) is 5.52. The Morgan fingerprint density at radius 1 is 1.45 bits per heavy atom. The average molecular weight is 285 g/mol. The maximum absolute atomic E-state index is 5.63. The Balaban J connectivity index is 2.07. The summed E-state index contributed by atoms with van der Waals surface area (Å²) in [5.41, 5.74) is 9.72. The molecule has 0 saturated heterocycles. The van der Waals surface area contributed by atoms with Gasteiger partial charge in [0.2, 0.25) is 0 Å². The second-order valence-corrected chi connectivity index (χ2v) is 5.17. The predicted molar refractivity (Wildman–Crippen MR) is 80.8 cm³/mol. The molecule has 0 saturated carbocycles.